The van der Waals surface area contributed by atoms with E-state index in [1.807, 2.05) is 30.3 Å². The van der Waals surface area contributed by atoms with Crippen LogP contribution < -0.4 is 10.6 Å². The predicted octanol–water partition coefficient (Wildman–Crippen LogP) is 4.36. The second kappa shape index (κ2) is 7.17. The maximum atomic E-state index is 11.7. The van der Waals surface area contributed by atoms with Gasteiger partial charge >= 0.3 is 6.03 Å². The van der Waals surface area contributed by atoms with Gasteiger partial charge in [-0.3, -0.25) is 0 Å². The second-order valence-corrected chi connectivity index (χ2v) is 5.08. The van der Waals surface area contributed by atoms with Crippen molar-refractivity contribution >= 4 is 34.9 Å². The molecule has 20 heavy (non-hydrogen) atoms. The fourth-order valence-corrected chi connectivity index (χ4v) is 2.06. The number of amides is 2. The normalized spacial score (nSPS) is 10.1. The van der Waals surface area contributed by atoms with E-state index in [-0.39, 0.29) is 6.03 Å². The predicted molar refractivity (Wildman–Crippen MR) is 83.6 cm³/mol. The molecule has 2 rings (SSSR count). The Kier molecular flexibility index (Phi) is 5.27. The van der Waals surface area contributed by atoms with Crippen molar-refractivity contribution in [3.8, 4) is 0 Å². The lowest BCUT2D eigenvalue weighted by Crippen LogP contribution is -2.30. The number of anilines is 1. The van der Waals surface area contributed by atoms with Gasteiger partial charge in [-0.1, -0.05) is 53.5 Å². The summed E-state index contributed by atoms with van der Waals surface area (Å²) in [7, 11) is 0. The Bertz CT molecular complexity index is 588. The van der Waals surface area contributed by atoms with Crippen LogP contribution in [0.5, 0.6) is 0 Å². The van der Waals surface area contributed by atoms with Crippen molar-refractivity contribution in [2.24, 2.45) is 0 Å². The number of nitrogens with one attached hydrogen (secondary N) is 2. The molecule has 3 nitrogen and oxygen atoms in total. The number of carbonyl (C=O) groups is 1. The SMILES string of the molecule is O=C(NCCc1ccccc1)Nc1cc(Cl)ccc1Cl. The van der Waals surface area contributed by atoms with E-state index in [2.05, 4.69) is 10.6 Å². The van der Waals surface area contributed by atoms with Gasteiger partial charge in [0, 0.05) is 11.6 Å². The lowest BCUT2D eigenvalue weighted by Gasteiger charge is -2.09. The van der Waals surface area contributed by atoms with E-state index in [1.165, 1.54) is 5.56 Å². The summed E-state index contributed by atoms with van der Waals surface area (Å²) in [6.45, 7) is 0.550. The lowest BCUT2D eigenvalue weighted by molar-refractivity contribution is 0.252. The summed E-state index contributed by atoms with van der Waals surface area (Å²) in [4.78, 5) is 11.7. The molecule has 5 heteroatoms. The molecule has 0 atom stereocenters. The van der Waals surface area contributed by atoms with Gasteiger partial charge in [-0.2, -0.15) is 0 Å². The Morgan fingerprint density at radius 3 is 2.55 bits per heavy atom. The van der Waals surface area contributed by atoms with E-state index in [0.717, 1.165) is 6.42 Å². The van der Waals surface area contributed by atoms with E-state index in [0.29, 0.717) is 22.3 Å². The van der Waals surface area contributed by atoms with E-state index in [1.54, 1.807) is 18.2 Å². The zero-order valence-electron chi connectivity index (χ0n) is 10.7. The highest BCUT2D eigenvalue weighted by molar-refractivity contribution is 6.35. The molecule has 2 amide bonds. The smallest absolute Gasteiger partial charge is 0.319 e. The standard InChI is InChI=1S/C15H14Cl2N2O/c16-12-6-7-13(17)14(10-12)19-15(20)18-9-8-11-4-2-1-3-5-11/h1-7,10H,8-9H2,(H2,18,19,20). The van der Waals surface area contributed by atoms with Gasteiger partial charge in [0.2, 0.25) is 0 Å². The van der Waals surface area contributed by atoms with Crippen molar-refractivity contribution in [1.29, 1.82) is 0 Å². The van der Waals surface area contributed by atoms with Crippen molar-refractivity contribution < 1.29 is 4.79 Å². The van der Waals surface area contributed by atoms with Gasteiger partial charge in [0.05, 0.1) is 10.7 Å². The summed E-state index contributed by atoms with van der Waals surface area (Å²) < 4.78 is 0. The van der Waals surface area contributed by atoms with Crippen molar-refractivity contribution in [3.05, 3.63) is 64.1 Å². The van der Waals surface area contributed by atoms with Gasteiger partial charge in [0.25, 0.3) is 0 Å². The highest BCUT2D eigenvalue weighted by Gasteiger charge is 2.05. The molecule has 0 saturated carbocycles. The van der Waals surface area contributed by atoms with Crippen molar-refractivity contribution in [3.63, 3.8) is 0 Å². The Labute approximate surface area is 127 Å². The van der Waals surface area contributed by atoms with Crippen LogP contribution in [0.1, 0.15) is 5.56 Å². The second-order valence-electron chi connectivity index (χ2n) is 4.24. The van der Waals surface area contributed by atoms with Gasteiger partial charge in [-0.15, -0.1) is 0 Å². The first-order chi connectivity index (χ1) is 9.65. The zero-order chi connectivity index (χ0) is 14.4. The number of halogens is 2. The maximum Gasteiger partial charge on any atom is 0.319 e. The molecular weight excluding hydrogens is 295 g/mol. The first-order valence-electron chi connectivity index (χ1n) is 6.19. The topological polar surface area (TPSA) is 41.1 Å². The van der Waals surface area contributed by atoms with Gasteiger partial charge in [-0.05, 0) is 30.2 Å². The average molecular weight is 309 g/mol. The molecule has 2 aromatic rings. The highest BCUT2D eigenvalue weighted by Crippen LogP contribution is 2.25. The molecule has 0 fully saturated rings. The minimum Gasteiger partial charge on any atom is -0.338 e. The van der Waals surface area contributed by atoms with E-state index < -0.39 is 0 Å². The Morgan fingerprint density at radius 2 is 1.80 bits per heavy atom. The number of hydrogen-bond acceptors (Lipinski definition) is 1. The van der Waals surface area contributed by atoms with Crippen molar-refractivity contribution in [1.82, 2.24) is 5.32 Å². The van der Waals surface area contributed by atoms with Crippen LogP contribution in [-0.2, 0) is 6.42 Å². The summed E-state index contributed by atoms with van der Waals surface area (Å²) >= 11 is 11.8. The fourth-order valence-electron chi connectivity index (χ4n) is 1.72. The Balaban J connectivity index is 1.82. The summed E-state index contributed by atoms with van der Waals surface area (Å²) in [5, 5.41) is 6.42. The lowest BCUT2D eigenvalue weighted by atomic mass is 10.1. The molecule has 0 aliphatic rings. The number of urea groups is 1. The number of hydrogen-bond donors (Lipinski definition) is 2. The molecule has 0 aliphatic carbocycles. The van der Waals surface area contributed by atoms with Crippen molar-refractivity contribution in [2.45, 2.75) is 6.42 Å². The molecule has 0 heterocycles. The molecule has 2 aromatic carbocycles. The summed E-state index contributed by atoms with van der Waals surface area (Å²) in [5.74, 6) is 0. The van der Waals surface area contributed by atoms with E-state index >= 15 is 0 Å². The van der Waals surface area contributed by atoms with Gasteiger partial charge < -0.3 is 10.6 Å². The van der Waals surface area contributed by atoms with E-state index in [4.69, 9.17) is 23.2 Å². The van der Waals surface area contributed by atoms with Gasteiger partial charge in [0.1, 0.15) is 0 Å². The average Bonchev–Trinajstić information content (AvgIpc) is 2.44. The molecule has 2 N–H and O–H groups in total. The summed E-state index contributed by atoms with van der Waals surface area (Å²) in [6.07, 6.45) is 0.775. The molecular formula is C15H14Cl2N2O. The largest absolute Gasteiger partial charge is 0.338 e. The third-order valence-electron chi connectivity index (χ3n) is 2.72. The van der Waals surface area contributed by atoms with Crippen LogP contribution in [0.3, 0.4) is 0 Å². The van der Waals surface area contributed by atoms with Crippen molar-refractivity contribution in [2.75, 3.05) is 11.9 Å². The third-order valence-corrected chi connectivity index (χ3v) is 3.28. The quantitative estimate of drug-likeness (QED) is 0.866. The number of carbonyl (C=O) groups excluding carboxylic acids is 1. The molecule has 0 spiro atoms. The Morgan fingerprint density at radius 1 is 1.05 bits per heavy atom. The van der Waals surface area contributed by atoms with E-state index in [9.17, 15) is 4.79 Å². The third kappa shape index (κ3) is 4.44. The van der Waals surface area contributed by atoms with Crippen LogP contribution in [0.15, 0.2) is 48.5 Å². The summed E-state index contributed by atoms with van der Waals surface area (Å²) in [6, 6.07) is 14.6. The minimum absolute atomic E-state index is 0.301. The molecule has 0 unspecified atom stereocenters. The van der Waals surface area contributed by atoms with Crippen LogP contribution in [0.4, 0.5) is 10.5 Å². The highest BCUT2D eigenvalue weighted by atomic mass is 35.5. The van der Waals surface area contributed by atoms with Crippen LogP contribution in [0, 0.1) is 0 Å². The van der Waals surface area contributed by atoms with Crippen LogP contribution in [-0.4, -0.2) is 12.6 Å². The molecule has 0 bridgehead atoms. The first-order valence-corrected chi connectivity index (χ1v) is 6.94. The molecule has 0 aromatic heterocycles. The van der Waals surface area contributed by atoms with Crippen LogP contribution >= 0.6 is 23.2 Å². The molecule has 104 valence electrons. The molecule has 0 radical (unpaired) electrons. The summed E-state index contributed by atoms with van der Waals surface area (Å²) in [5.41, 5.74) is 1.67. The van der Waals surface area contributed by atoms with Crippen LogP contribution in [0.2, 0.25) is 10.0 Å². The Hall–Kier alpha value is -1.71. The first kappa shape index (κ1) is 14.7. The maximum absolute atomic E-state index is 11.7. The zero-order valence-corrected chi connectivity index (χ0v) is 12.2. The monoisotopic (exact) mass is 308 g/mol. The minimum atomic E-state index is -0.301. The molecule has 0 saturated heterocycles. The molecule has 0 aliphatic heterocycles. The number of benzene rings is 2. The number of rotatable bonds is 4. The van der Waals surface area contributed by atoms with Gasteiger partial charge in [-0.25, -0.2) is 4.79 Å². The van der Waals surface area contributed by atoms with Crippen LogP contribution in [0.25, 0.3) is 0 Å². The van der Waals surface area contributed by atoms with Gasteiger partial charge in [0.15, 0.2) is 0 Å². The fraction of sp³-hybridized carbons (Fsp3) is 0.133.